The first-order valence-electron chi connectivity index (χ1n) is 7.09. The lowest BCUT2D eigenvalue weighted by atomic mass is 9.93. The predicted molar refractivity (Wildman–Crippen MR) is 73.0 cm³/mol. The second-order valence-corrected chi connectivity index (χ2v) is 5.41. The highest BCUT2D eigenvalue weighted by molar-refractivity contribution is 5.69. The number of halogens is 1. The molecule has 0 bridgehead atoms. The molecule has 3 rings (SSSR count). The van der Waals surface area contributed by atoms with E-state index in [1.807, 2.05) is 6.07 Å². The number of hydrogen-bond acceptors (Lipinski definition) is 3. The number of carbonyl (C=O) groups excluding carboxylic acids is 1. The van der Waals surface area contributed by atoms with Crippen LogP contribution in [0.1, 0.15) is 24.1 Å². The van der Waals surface area contributed by atoms with E-state index in [9.17, 15) is 9.18 Å². The Morgan fingerprint density at radius 1 is 1.35 bits per heavy atom. The maximum atomic E-state index is 13.2. The number of amides is 1. The summed E-state index contributed by atoms with van der Waals surface area (Å²) >= 11 is 0. The van der Waals surface area contributed by atoms with Gasteiger partial charge in [-0.25, -0.2) is 9.18 Å². The Morgan fingerprint density at radius 3 is 2.95 bits per heavy atom. The average Bonchev–Trinajstić information content (AvgIpc) is 2.83. The van der Waals surface area contributed by atoms with Gasteiger partial charge >= 0.3 is 6.09 Å². The minimum Gasteiger partial charge on any atom is -0.448 e. The summed E-state index contributed by atoms with van der Waals surface area (Å²) in [5, 5.41) is 0. The molecule has 2 heterocycles. The molecule has 1 amide bonds. The van der Waals surface area contributed by atoms with Crippen molar-refractivity contribution in [1.82, 2.24) is 9.80 Å². The summed E-state index contributed by atoms with van der Waals surface area (Å²) in [5.41, 5.74) is 2.30. The van der Waals surface area contributed by atoms with Crippen LogP contribution in [-0.4, -0.2) is 48.7 Å². The minimum atomic E-state index is -0.211. The van der Waals surface area contributed by atoms with Gasteiger partial charge in [-0.15, -0.1) is 0 Å². The number of cyclic esters (lactones) is 1. The Kier molecular flexibility index (Phi) is 3.61. The van der Waals surface area contributed by atoms with Crippen molar-refractivity contribution in [1.29, 1.82) is 0 Å². The molecule has 20 heavy (non-hydrogen) atoms. The van der Waals surface area contributed by atoms with Crippen molar-refractivity contribution < 1.29 is 13.9 Å². The molecule has 0 spiro atoms. The first kappa shape index (κ1) is 13.4. The summed E-state index contributed by atoms with van der Waals surface area (Å²) in [6.07, 6.45) is 0.652. The van der Waals surface area contributed by atoms with E-state index in [4.69, 9.17) is 4.74 Å². The van der Waals surface area contributed by atoms with E-state index in [0.29, 0.717) is 19.7 Å². The number of nitrogens with zero attached hydrogens (tertiary/aromatic N) is 2. The van der Waals surface area contributed by atoms with Crippen LogP contribution in [0.2, 0.25) is 0 Å². The van der Waals surface area contributed by atoms with Crippen LogP contribution < -0.4 is 0 Å². The van der Waals surface area contributed by atoms with Crippen LogP contribution in [-0.2, 0) is 11.2 Å². The van der Waals surface area contributed by atoms with E-state index < -0.39 is 0 Å². The number of rotatable bonds is 3. The number of fused-ring (bicyclic) bond motifs is 1. The average molecular weight is 278 g/mol. The van der Waals surface area contributed by atoms with E-state index in [1.165, 1.54) is 11.6 Å². The lowest BCUT2D eigenvalue weighted by Gasteiger charge is -2.35. The Morgan fingerprint density at radius 2 is 2.20 bits per heavy atom. The maximum absolute atomic E-state index is 13.2. The van der Waals surface area contributed by atoms with Crippen LogP contribution in [0.4, 0.5) is 9.18 Å². The molecule has 5 heteroatoms. The third-order valence-electron chi connectivity index (χ3n) is 4.27. The van der Waals surface area contributed by atoms with E-state index in [-0.39, 0.29) is 18.0 Å². The summed E-state index contributed by atoms with van der Waals surface area (Å²) in [5.74, 6) is -0.163. The fourth-order valence-electron chi connectivity index (χ4n) is 3.04. The third kappa shape index (κ3) is 2.50. The molecular formula is C15H19FN2O2. The van der Waals surface area contributed by atoms with Crippen molar-refractivity contribution in [3.05, 3.63) is 35.1 Å². The van der Waals surface area contributed by atoms with Crippen molar-refractivity contribution >= 4 is 6.09 Å². The zero-order chi connectivity index (χ0) is 14.1. The van der Waals surface area contributed by atoms with Crippen molar-refractivity contribution in [2.75, 3.05) is 32.8 Å². The van der Waals surface area contributed by atoms with Crippen LogP contribution in [0.25, 0.3) is 0 Å². The molecule has 0 unspecified atom stereocenters. The Hall–Kier alpha value is -1.62. The Labute approximate surface area is 118 Å². The van der Waals surface area contributed by atoms with Crippen molar-refractivity contribution in [2.45, 2.75) is 19.4 Å². The van der Waals surface area contributed by atoms with Gasteiger partial charge in [0.25, 0.3) is 0 Å². The summed E-state index contributed by atoms with van der Waals surface area (Å²) < 4.78 is 18.2. The van der Waals surface area contributed by atoms with Crippen molar-refractivity contribution in [3.63, 3.8) is 0 Å². The molecule has 108 valence electrons. The van der Waals surface area contributed by atoms with Gasteiger partial charge in [0.05, 0.1) is 6.54 Å². The second kappa shape index (κ2) is 5.40. The monoisotopic (exact) mass is 278 g/mol. The highest BCUT2D eigenvalue weighted by Gasteiger charge is 2.26. The Bertz CT molecular complexity index is 521. The molecule has 1 aromatic carbocycles. The largest absolute Gasteiger partial charge is 0.448 e. The fraction of sp³-hybridized carbons (Fsp3) is 0.533. The molecular weight excluding hydrogens is 259 g/mol. The lowest BCUT2D eigenvalue weighted by molar-refractivity contribution is 0.145. The van der Waals surface area contributed by atoms with Gasteiger partial charge in [-0.1, -0.05) is 6.07 Å². The molecule has 2 aliphatic heterocycles. The zero-order valence-electron chi connectivity index (χ0n) is 11.6. The molecule has 0 saturated carbocycles. The normalized spacial score (nSPS) is 22.8. The van der Waals surface area contributed by atoms with Gasteiger partial charge in [0.1, 0.15) is 12.4 Å². The van der Waals surface area contributed by atoms with Gasteiger partial charge in [-0.2, -0.15) is 0 Å². The molecule has 2 aliphatic rings. The van der Waals surface area contributed by atoms with Crippen molar-refractivity contribution in [3.8, 4) is 0 Å². The quantitative estimate of drug-likeness (QED) is 0.849. The molecule has 0 radical (unpaired) electrons. The van der Waals surface area contributed by atoms with E-state index in [0.717, 1.165) is 25.1 Å². The Balaban J connectivity index is 1.64. The smallest absolute Gasteiger partial charge is 0.409 e. The van der Waals surface area contributed by atoms with Gasteiger partial charge in [-0.3, -0.25) is 4.90 Å². The number of hydrogen-bond donors (Lipinski definition) is 0. The standard InChI is InChI=1S/C15H19FN2O2/c1-11-14-3-2-13(16)10-12(14)4-5-17(11)6-7-18-8-9-20-15(18)19/h2-3,10-11H,4-9H2,1H3/t11-/m1/s1. The van der Waals surface area contributed by atoms with E-state index in [2.05, 4.69) is 11.8 Å². The molecule has 1 saturated heterocycles. The van der Waals surface area contributed by atoms with Gasteiger partial charge < -0.3 is 9.64 Å². The van der Waals surface area contributed by atoms with Crippen LogP contribution in [0.3, 0.4) is 0 Å². The molecule has 1 fully saturated rings. The highest BCUT2D eigenvalue weighted by atomic mass is 19.1. The molecule has 0 aliphatic carbocycles. The summed E-state index contributed by atoms with van der Waals surface area (Å²) in [7, 11) is 0. The topological polar surface area (TPSA) is 32.8 Å². The van der Waals surface area contributed by atoms with Crippen molar-refractivity contribution in [2.24, 2.45) is 0 Å². The molecule has 1 atom stereocenters. The second-order valence-electron chi connectivity index (χ2n) is 5.41. The van der Waals surface area contributed by atoms with Gasteiger partial charge in [0.2, 0.25) is 0 Å². The minimum absolute atomic E-state index is 0.163. The third-order valence-corrected chi connectivity index (χ3v) is 4.27. The number of ether oxygens (including phenoxy) is 1. The van der Waals surface area contributed by atoms with E-state index >= 15 is 0 Å². The van der Waals surface area contributed by atoms with Crippen LogP contribution in [0.5, 0.6) is 0 Å². The first-order chi connectivity index (χ1) is 9.65. The molecule has 1 aromatic rings. The predicted octanol–water partition coefficient (Wildman–Crippen LogP) is 2.20. The number of carbonyl (C=O) groups is 1. The summed E-state index contributed by atoms with van der Waals surface area (Å²) in [4.78, 5) is 15.5. The van der Waals surface area contributed by atoms with E-state index in [1.54, 1.807) is 11.0 Å². The van der Waals surface area contributed by atoms with Gasteiger partial charge in [0.15, 0.2) is 0 Å². The van der Waals surface area contributed by atoms with Gasteiger partial charge in [-0.05, 0) is 36.6 Å². The zero-order valence-corrected chi connectivity index (χ0v) is 11.6. The summed E-state index contributed by atoms with van der Waals surface area (Å²) in [6, 6.07) is 5.31. The SMILES string of the molecule is C[C@@H]1c2ccc(F)cc2CCN1CCN1CCOC1=O. The van der Waals surface area contributed by atoms with Gasteiger partial charge in [0, 0.05) is 25.7 Å². The van der Waals surface area contributed by atoms with Crippen LogP contribution in [0, 0.1) is 5.82 Å². The van der Waals surface area contributed by atoms with Crippen LogP contribution in [0.15, 0.2) is 18.2 Å². The lowest BCUT2D eigenvalue weighted by Crippen LogP contribution is -2.40. The maximum Gasteiger partial charge on any atom is 0.409 e. The summed E-state index contributed by atoms with van der Waals surface area (Å²) in [6.45, 7) is 5.74. The number of benzene rings is 1. The molecule has 4 nitrogen and oxygen atoms in total. The molecule has 0 N–H and O–H groups in total. The molecule has 0 aromatic heterocycles. The highest BCUT2D eigenvalue weighted by Crippen LogP contribution is 2.29. The first-order valence-corrected chi connectivity index (χ1v) is 7.09. The van der Waals surface area contributed by atoms with Crippen LogP contribution >= 0.6 is 0 Å². The fourth-order valence-corrected chi connectivity index (χ4v) is 3.04.